The molecule has 0 spiro atoms. The Kier molecular flexibility index (Phi) is 10.7. The standard InChI is InChI=1S/C26H34N4O12/c1-12(31)35-10-16-20(37-13(2)32)22(38-14(3)33)18(27)25(39-16)42-23-19(29-30-28)26(34-4)40-17-11-36-24(41-21(17)23)15-8-6-5-7-9-15/h5-9,16-26H,10-11,27H2,1-4H3/t16-,17-,18-,19-,20-,21+,22-,23-,24+,25+,26-/m1/s1. The molecule has 1 aromatic rings. The molecule has 3 aliphatic rings. The first kappa shape index (κ1) is 31.6. The van der Waals surface area contributed by atoms with Gasteiger partial charge in [-0.25, -0.2) is 0 Å². The van der Waals surface area contributed by atoms with E-state index in [1.165, 1.54) is 14.0 Å². The minimum Gasteiger partial charge on any atom is -0.463 e. The monoisotopic (exact) mass is 594 g/mol. The van der Waals surface area contributed by atoms with Gasteiger partial charge in [-0.15, -0.1) is 0 Å². The number of carbonyl (C=O) groups excluding carboxylic acids is 3. The number of methoxy groups -OCH3 is 1. The third kappa shape index (κ3) is 7.35. The molecule has 0 radical (unpaired) electrons. The van der Waals surface area contributed by atoms with Crippen molar-refractivity contribution in [2.75, 3.05) is 20.3 Å². The molecule has 11 atom stereocenters. The van der Waals surface area contributed by atoms with E-state index in [0.717, 1.165) is 19.4 Å². The molecule has 4 rings (SSSR count). The first-order valence-electron chi connectivity index (χ1n) is 13.2. The van der Waals surface area contributed by atoms with Crippen LogP contribution in [0.3, 0.4) is 0 Å². The van der Waals surface area contributed by atoms with Gasteiger partial charge in [-0.3, -0.25) is 14.4 Å². The van der Waals surface area contributed by atoms with Crippen molar-refractivity contribution >= 4 is 17.9 Å². The van der Waals surface area contributed by atoms with E-state index in [2.05, 4.69) is 10.0 Å². The maximum absolute atomic E-state index is 12.0. The Hall–Kier alpha value is -3.34. The fourth-order valence-electron chi connectivity index (χ4n) is 5.08. The fourth-order valence-corrected chi connectivity index (χ4v) is 5.08. The average molecular weight is 595 g/mol. The van der Waals surface area contributed by atoms with Crippen LogP contribution in [0.15, 0.2) is 35.4 Å². The van der Waals surface area contributed by atoms with Gasteiger partial charge in [0.15, 0.2) is 31.1 Å². The van der Waals surface area contributed by atoms with Gasteiger partial charge < -0.3 is 48.4 Å². The fraction of sp³-hybridized carbons (Fsp3) is 0.654. The van der Waals surface area contributed by atoms with E-state index >= 15 is 0 Å². The summed E-state index contributed by atoms with van der Waals surface area (Å²) in [5.41, 5.74) is 16.6. The zero-order valence-electron chi connectivity index (χ0n) is 23.5. The second-order valence-corrected chi connectivity index (χ2v) is 9.82. The molecule has 16 nitrogen and oxygen atoms in total. The highest BCUT2D eigenvalue weighted by molar-refractivity contribution is 5.68. The van der Waals surface area contributed by atoms with Crippen LogP contribution in [-0.4, -0.2) is 99.5 Å². The Morgan fingerprint density at radius 3 is 2.29 bits per heavy atom. The summed E-state index contributed by atoms with van der Waals surface area (Å²) in [6, 6.07) is 6.86. The number of azide groups is 1. The van der Waals surface area contributed by atoms with E-state index in [4.69, 9.17) is 48.4 Å². The van der Waals surface area contributed by atoms with Crippen LogP contribution in [-0.2, 0) is 57.0 Å². The summed E-state index contributed by atoms with van der Waals surface area (Å²) in [6.07, 6.45) is -9.50. The Morgan fingerprint density at radius 2 is 1.67 bits per heavy atom. The molecule has 0 aromatic heterocycles. The molecule has 0 unspecified atom stereocenters. The number of carbonyl (C=O) groups is 3. The Labute approximate surface area is 241 Å². The topological polar surface area (TPSA) is 209 Å². The molecule has 3 fully saturated rings. The maximum Gasteiger partial charge on any atom is 0.303 e. The quantitative estimate of drug-likeness (QED) is 0.139. The summed E-state index contributed by atoms with van der Waals surface area (Å²) in [5.74, 6) is -2.05. The molecular formula is C26H34N4O12. The summed E-state index contributed by atoms with van der Waals surface area (Å²) < 4.78 is 52.0. The molecule has 42 heavy (non-hydrogen) atoms. The van der Waals surface area contributed by atoms with Gasteiger partial charge in [-0.2, -0.15) is 0 Å². The lowest BCUT2D eigenvalue weighted by Gasteiger charge is -2.50. The van der Waals surface area contributed by atoms with Gasteiger partial charge in [0.2, 0.25) is 0 Å². The third-order valence-corrected chi connectivity index (χ3v) is 6.84. The predicted octanol–water partition coefficient (Wildman–Crippen LogP) is 1.01. The summed E-state index contributed by atoms with van der Waals surface area (Å²) in [4.78, 5) is 38.5. The van der Waals surface area contributed by atoms with E-state index in [1.54, 1.807) is 0 Å². The van der Waals surface area contributed by atoms with Crippen LogP contribution in [0.4, 0.5) is 0 Å². The Bertz CT molecular complexity index is 1150. The van der Waals surface area contributed by atoms with Crippen molar-refractivity contribution in [3.8, 4) is 0 Å². The summed E-state index contributed by atoms with van der Waals surface area (Å²) in [5, 5.41) is 3.86. The second kappa shape index (κ2) is 14.2. The molecule has 3 saturated heterocycles. The smallest absolute Gasteiger partial charge is 0.303 e. The average Bonchev–Trinajstić information content (AvgIpc) is 2.96. The van der Waals surface area contributed by atoms with Crippen molar-refractivity contribution in [3.05, 3.63) is 46.3 Å². The molecule has 3 heterocycles. The second-order valence-electron chi connectivity index (χ2n) is 9.82. The molecule has 0 aliphatic carbocycles. The number of nitrogens with two attached hydrogens (primary N) is 1. The summed E-state index contributed by atoms with van der Waals surface area (Å²) in [6.45, 7) is 3.22. The van der Waals surface area contributed by atoms with Crippen molar-refractivity contribution in [3.63, 3.8) is 0 Å². The minimum absolute atomic E-state index is 0.0875. The van der Waals surface area contributed by atoms with Crippen molar-refractivity contribution in [1.29, 1.82) is 0 Å². The number of esters is 3. The molecule has 230 valence electrons. The molecule has 0 bridgehead atoms. The van der Waals surface area contributed by atoms with Crippen LogP contribution >= 0.6 is 0 Å². The van der Waals surface area contributed by atoms with Gasteiger partial charge in [0.1, 0.15) is 37.1 Å². The Morgan fingerprint density at radius 1 is 0.976 bits per heavy atom. The number of fused-ring (bicyclic) bond motifs is 1. The number of rotatable bonds is 9. The van der Waals surface area contributed by atoms with Crippen LogP contribution in [0.5, 0.6) is 0 Å². The molecule has 0 amide bonds. The van der Waals surface area contributed by atoms with Crippen molar-refractivity contribution < 1.29 is 57.0 Å². The Balaban J connectivity index is 1.67. The van der Waals surface area contributed by atoms with E-state index in [0.29, 0.717) is 0 Å². The van der Waals surface area contributed by atoms with Crippen molar-refractivity contribution in [2.24, 2.45) is 10.8 Å². The SMILES string of the molecule is CO[C@@H]1O[C@@H]2CO[C@H](c3ccccc3)O[C@@H]2[C@H](O[C@@H]2O[C@H](COC(C)=O)[C@@H](OC(C)=O)[C@H](OC(C)=O)[C@H]2N)[C@H]1N=[N+]=[N-]. The van der Waals surface area contributed by atoms with Crippen molar-refractivity contribution in [1.82, 2.24) is 0 Å². The number of hydrogen-bond donors (Lipinski definition) is 1. The molecular weight excluding hydrogens is 560 g/mol. The number of benzene rings is 1. The number of hydrogen-bond acceptors (Lipinski definition) is 14. The molecule has 0 saturated carbocycles. The number of ether oxygens (including phenoxy) is 9. The number of nitrogens with zero attached hydrogens (tertiary/aromatic N) is 3. The predicted molar refractivity (Wildman–Crippen MR) is 138 cm³/mol. The first-order valence-corrected chi connectivity index (χ1v) is 13.2. The van der Waals surface area contributed by atoms with Crippen molar-refractivity contribution in [2.45, 2.75) is 88.3 Å². The van der Waals surface area contributed by atoms with Gasteiger partial charge in [-0.05, 0) is 5.53 Å². The molecule has 3 aliphatic heterocycles. The van der Waals surface area contributed by atoms with E-state index in [-0.39, 0.29) is 13.2 Å². The lowest BCUT2D eigenvalue weighted by Crippen LogP contribution is -2.68. The lowest BCUT2D eigenvalue weighted by molar-refractivity contribution is -0.366. The molecule has 2 N–H and O–H groups in total. The first-order chi connectivity index (χ1) is 20.1. The molecule has 16 heteroatoms. The van der Waals surface area contributed by atoms with E-state index in [9.17, 15) is 19.9 Å². The normalized spacial score (nSPS) is 36.1. The highest BCUT2D eigenvalue weighted by Crippen LogP contribution is 2.38. The zero-order valence-corrected chi connectivity index (χ0v) is 23.5. The highest BCUT2D eigenvalue weighted by Gasteiger charge is 2.55. The maximum atomic E-state index is 12.0. The van der Waals surface area contributed by atoms with Gasteiger partial charge in [-0.1, -0.05) is 35.4 Å². The van der Waals surface area contributed by atoms with E-state index < -0.39 is 85.5 Å². The zero-order chi connectivity index (χ0) is 30.4. The lowest BCUT2D eigenvalue weighted by atomic mass is 9.94. The minimum atomic E-state index is -1.36. The van der Waals surface area contributed by atoms with Crippen LogP contribution in [0.2, 0.25) is 0 Å². The highest BCUT2D eigenvalue weighted by atomic mass is 16.8. The largest absolute Gasteiger partial charge is 0.463 e. The van der Waals surface area contributed by atoms with Crippen LogP contribution in [0.1, 0.15) is 32.6 Å². The van der Waals surface area contributed by atoms with Crippen LogP contribution in [0.25, 0.3) is 10.4 Å². The van der Waals surface area contributed by atoms with Crippen LogP contribution in [0, 0.1) is 0 Å². The third-order valence-electron chi connectivity index (χ3n) is 6.84. The van der Waals surface area contributed by atoms with Gasteiger partial charge >= 0.3 is 17.9 Å². The van der Waals surface area contributed by atoms with Gasteiger partial charge in [0.25, 0.3) is 0 Å². The van der Waals surface area contributed by atoms with Gasteiger partial charge in [0, 0.05) is 38.4 Å². The molecule has 1 aromatic carbocycles. The summed E-state index contributed by atoms with van der Waals surface area (Å²) in [7, 11) is 1.37. The van der Waals surface area contributed by atoms with Crippen LogP contribution < -0.4 is 5.73 Å². The van der Waals surface area contributed by atoms with Gasteiger partial charge in [0.05, 0.1) is 12.6 Å². The van der Waals surface area contributed by atoms with E-state index in [1.807, 2.05) is 30.3 Å². The summed E-state index contributed by atoms with van der Waals surface area (Å²) >= 11 is 0.